The van der Waals surface area contributed by atoms with Crippen LogP contribution in [0.4, 0.5) is 0 Å². The van der Waals surface area contributed by atoms with E-state index in [0.717, 1.165) is 25.4 Å². The molecule has 1 aliphatic carbocycles. The standard InChI is InChI=1S/C19H37NO2/c1-4-5-13-20(18-11-7-6-8-12-18)14-9-10-17(16(2)3)15-19(21)22/h16-18H,4-15H2,1-3H3,(H,21,22). The van der Waals surface area contributed by atoms with Crippen LogP contribution in [0.25, 0.3) is 0 Å². The van der Waals surface area contributed by atoms with E-state index in [4.69, 9.17) is 5.11 Å². The molecule has 0 heterocycles. The van der Waals surface area contributed by atoms with E-state index < -0.39 is 5.97 Å². The van der Waals surface area contributed by atoms with Gasteiger partial charge in [0.2, 0.25) is 0 Å². The Morgan fingerprint density at radius 2 is 1.77 bits per heavy atom. The van der Waals surface area contributed by atoms with Gasteiger partial charge >= 0.3 is 5.97 Å². The maximum atomic E-state index is 11.0. The lowest BCUT2D eigenvalue weighted by molar-refractivity contribution is -0.138. The fourth-order valence-electron chi connectivity index (χ4n) is 3.74. The van der Waals surface area contributed by atoms with Crippen LogP contribution in [0.2, 0.25) is 0 Å². The van der Waals surface area contributed by atoms with Gasteiger partial charge < -0.3 is 10.0 Å². The van der Waals surface area contributed by atoms with Gasteiger partial charge in [-0.05, 0) is 57.0 Å². The SMILES string of the molecule is CCCCN(CCCC(CC(=O)O)C(C)C)C1CCCCC1. The third-order valence-corrected chi connectivity index (χ3v) is 5.29. The van der Waals surface area contributed by atoms with Crippen molar-refractivity contribution in [2.75, 3.05) is 13.1 Å². The number of carbonyl (C=O) groups is 1. The number of hydrogen-bond donors (Lipinski definition) is 1. The molecule has 0 radical (unpaired) electrons. The minimum Gasteiger partial charge on any atom is -0.481 e. The summed E-state index contributed by atoms with van der Waals surface area (Å²) in [6.45, 7) is 8.97. The molecular formula is C19H37NO2. The largest absolute Gasteiger partial charge is 0.481 e. The van der Waals surface area contributed by atoms with E-state index in [2.05, 4.69) is 25.7 Å². The molecule has 0 aromatic rings. The highest BCUT2D eigenvalue weighted by molar-refractivity contribution is 5.67. The van der Waals surface area contributed by atoms with E-state index >= 15 is 0 Å². The fourth-order valence-corrected chi connectivity index (χ4v) is 3.74. The summed E-state index contributed by atoms with van der Waals surface area (Å²) >= 11 is 0. The van der Waals surface area contributed by atoms with E-state index in [-0.39, 0.29) is 0 Å². The van der Waals surface area contributed by atoms with Crippen molar-refractivity contribution in [2.24, 2.45) is 11.8 Å². The van der Waals surface area contributed by atoms with E-state index in [1.165, 1.54) is 51.5 Å². The number of aliphatic carboxylic acids is 1. The zero-order valence-electron chi connectivity index (χ0n) is 15.0. The summed E-state index contributed by atoms with van der Waals surface area (Å²) in [6, 6.07) is 0.789. The smallest absolute Gasteiger partial charge is 0.303 e. The van der Waals surface area contributed by atoms with Crippen molar-refractivity contribution in [1.82, 2.24) is 4.90 Å². The molecule has 1 N–H and O–H groups in total. The van der Waals surface area contributed by atoms with Crippen LogP contribution in [0.1, 0.15) is 85.0 Å². The van der Waals surface area contributed by atoms with Crippen LogP contribution in [-0.4, -0.2) is 35.1 Å². The molecule has 0 amide bonds. The second-order valence-corrected chi connectivity index (χ2v) is 7.43. The Balaban J connectivity index is 2.41. The molecular weight excluding hydrogens is 274 g/mol. The fraction of sp³-hybridized carbons (Fsp3) is 0.947. The van der Waals surface area contributed by atoms with Crippen molar-refractivity contribution in [3.8, 4) is 0 Å². The summed E-state index contributed by atoms with van der Waals surface area (Å²) in [7, 11) is 0. The van der Waals surface area contributed by atoms with Gasteiger partial charge in [-0.25, -0.2) is 0 Å². The second kappa shape index (κ2) is 11.0. The van der Waals surface area contributed by atoms with Crippen LogP contribution in [0.5, 0.6) is 0 Å². The normalized spacial score (nSPS) is 18.0. The van der Waals surface area contributed by atoms with Crippen LogP contribution in [-0.2, 0) is 4.79 Å². The molecule has 0 aromatic heterocycles. The zero-order chi connectivity index (χ0) is 16.4. The molecule has 0 bridgehead atoms. The number of nitrogens with zero attached hydrogens (tertiary/aromatic N) is 1. The first-order valence-corrected chi connectivity index (χ1v) is 9.50. The van der Waals surface area contributed by atoms with Gasteiger partial charge in [0.25, 0.3) is 0 Å². The maximum Gasteiger partial charge on any atom is 0.303 e. The molecule has 22 heavy (non-hydrogen) atoms. The van der Waals surface area contributed by atoms with Crippen molar-refractivity contribution < 1.29 is 9.90 Å². The highest BCUT2D eigenvalue weighted by atomic mass is 16.4. The van der Waals surface area contributed by atoms with Crippen molar-refractivity contribution in [3.05, 3.63) is 0 Å². The van der Waals surface area contributed by atoms with Crippen molar-refractivity contribution >= 4 is 5.97 Å². The molecule has 0 spiro atoms. The van der Waals surface area contributed by atoms with E-state index in [9.17, 15) is 4.79 Å². The molecule has 1 aliphatic rings. The first kappa shape index (κ1) is 19.5. The third kappa shape index (κ3) is 7.62. The molecule has 130 valence electrons. The van der Waals surface area contributed by atoms with Crippen LogP contribution < -0.4 is 0 Å². The van der Waals surface area contributed by atoms with Gasteiger partial charge in [-0.1, -0.05) is 46.5 Å². The summed E-state index contributed by atoms with van der Waals surface area (Å²) in [5.74, 6) is 0.153. The van der Waals surface area contributed by atoms with E-state index in [1.54, 1.807) is 0 Å². The summed E-state index contributed by atoms with van der Waals surface area (Å²) in [6.07, 6.45) is 12.0. The topological polar surface area (TPSA) is 40.5 Å². The quantitative estimate of drug-likeness (QED) is 0.587. The summed E-state index contributed by atoms with van der Waals surface area (Å²) < 4.78 is 0. The predicted molar refractivity (Wildman–Crippen MR) is 93.2 cm³/mol. The molecule has 3 nitrogen and oxygen atoms in total. The second-order valence-electron chi connectivity index (χ2n) is 7.43. The number of rotatable bonds is 11. The van der Waals surface area contributed by atoms with Crippen LogP contribution in [0.3, 0.4) is 0 Å². The predicted octanol–water partition coefficient (Wildman–Crippen LogP) is 4.95. The minimum absolute atomic E-state index is 0.329. The van der Waals surface area contributed by atoms with Crippen LogP contribution >= 0.6 is 0 Å². The van der Waals surface area contributed by atoms with Crippen LogP contribution in [0.15, 0.2) is 0 Å². The lowest BCUT2D eigenvalue weighted by Crippen LogP contribution is -2.38. The Labute approximate surface area is 137 Å². The van der Waals surface area contributed by atoms with Gasteiger partial charge in [0.05, 0.1) is 0 Å². The maximum absolute atomic E-state index is 11.0. The average Bonchev–Trinajstić information content (AvgIpc) is 2.49. The molecule has 1 fully saturated rings. The molecule has 0 aromatic carbocycles. The lowest BCUT2D eigenvalue weighted by Gasteiger charge is -2.35. The number of carboxylic acid groups (broad SMARTS) is 1. The van der Waals surface area contributed by atoms with Gasteiger partial charge in [0, 0.05) is 12.5 Å². The minimum atomic E-state index is -0.645. The average molecular weight is 312 g/mol. The van der Waals surface area contributed by atoms with Crippen molar-refractivity contribution in [2.45, 2.75) is 91.0 Å². The molecule has 1 atom stereocenters. The monoisotopic (exact) mass is 311 g/mol. The summed E-state index contributed by atoms with van der Waals surface area (Å²) in [5, 5.41) is 9.05. The van der Waals surface area contributed by atoms with Gasteiger partial charge in [0.15, 0.2) is 0 Å². The first-order valence-electron chi connectivity index (χ1n) is 9.50. The Morgan fingerprint density at radius 1 is 1.14 bits per heavy atom. The first-order chi connectivity index (χ1) is 10.5. The highest BCUT2D eigenvalue weighted by Crippen LogP contribution is 2.25. The van der Waals surface area contributed by atoms with E-state index in [0.29, 0.717) is 18.3 Å². The molecule has 0 aliphatic heterocycles. The lowest BCUT2D eigenvalue weighted by atomic mass is 9.88. The van der Waals surface area contributed by atoms with Crippen molar-refractivity contribution in [3.63, 3.8) is 0 Å². The Hall–Kier alpha value is -0.570. The number of hydrogen-bond acceptors (Lipinski definition) is 2. The zero-order valence-corrected chi connectivity index (χ0v) is 15.0. The summed E-state index contributed by atoms with van der Waals surface area (Å²) in [5.41, 5.74) is 0. The Kier molecular flexibility index (Phi) is 9.77. The van der Waals surface area contributed by atoms with Gasteiger partial charge in [-0.2, -0.15) is 0 Å². The Morgan fingerprint density at radius 3 is 2.32 bits per heavy atom. The summed E-state index contributed by atoms with van der Waals surface area (Å²) in [4.78, 5) is 13.7. The highest BCUT2D eigenvalue weighted by Gasteiger charge is 2.22. The molecule has 1 saturated carbocycles. The number of carboxylic acids is 1. The molecule has 3 heteroatoms. The third-order valence-electron chi connectivity index (χ3n) is 5.29. The number of unbranched alkanes of at least 4 members (excludes halogenated alkanes) is 1. The molecule has 1 rings (SSSR count). The van der Waals surface area contributed by atoms with Gasteiger partial charge in [-0.3, -0.25) is 4.79 Å². The van der Waals surface area contributed by atoms with Gasteiger partial charge in [-0.15, -0.1) is 0 Å². The van der Waals surface area contributed by atoms with Crippen molar-refractivity contribution in [1.29, 1.82) is 0 Å². The van der Waals surface area contributed by atoms with E-state index in [1.807, 2.05) is 0 Å². The van der Waals surface area contributed by atoms with Crippen LogP contribution in [0, 0.1) is 11.8 Å². The van der Waals surface area contributed by atoms with Gasteiger partial charge in [0.1, 0.15) is 0 Å². The molecule has 0 saturated heterocycles. The Bertz CT molecular complexity index is 298. The molecule has 1 unspecified atom stereocenters.